The molecule has 0 N–H and O–H groups in total. The standard InChI is InChI=1S/C26H52N2O/c1-6-8-9-10-11-23(4)20-27(5)25-18-26(19-25)29-17-14-24-12-15-28(16-13-24)21-22(3)7-2/h22-26H,6-21H2,1-5H3. The molecule has 0 aromatic rings. The molecule has 0 aromatic heterocycles. The molecule has 2 unspecified atom stereocenters. The van der Waals surface area contributed by atoms with Gasteiger partial charge < -0.3 is 14.5 Å². The fraction of sp³-hybridized carbons (Fsp3) is 1.00. The summed E-state index contributed by atoms with van der Waals surface area (Å²) in [5.74, 6) is 2.59. The van der Waals surface area contributed by atoms with Crippen LogP contribution in [-0.2, 0) is 4.74 Å². The van der Waals surface area contributed by atoms with Crippen molar-refractivity contribution in [3.63, 3.8) is 0 Å². The summed E-state index contributed by atoms with van der Waals surface area (Å²) in [5, 5.41) is 0. The van der Waals surface area contributed by atoms with Crippen molar-refractivity contribution in [1.82, 2.24) is 9.80 Å². The van der Waals surface area contributed by atoms with Gasteiger partial charge in [-0.1, -0.05) is 59.8 Å². The van der Waals surface area contributed by atoms with Crippen molar-refractivity contribution in [2.75, 3.05) is 39.8 Å². The van der Waals surface area contributed by atoms with Gasteiger partial charge in [0.15, 0.2) is 0 Å². The van der Waals surface area contributed by atoms with Crippen LogP contribution in [0.3, 0.4) is 0 Å². The molecule has 0 aromatic carbocycles. The van der Waals surface area contributed by atoms with Crippen LogP contribution in [0.1, 0.15) is 98.3 Å². The maximum atomic E-state index is 6.23. The summed E-state index contributed by atoms with van der Waals surface area (Å²) in [6, 6.07) is 0.766. The molecule has 0 amide bonds. The monoisotopic (exact) mass is 408 g/mol. The van der Waals surface area contributed by atoms with Gasteiger partial charge in [-0.05, 0) is 76.4 Å². The Kier molecular flexibility index (Phi) is 12.2. The van der Waals surface area contributed by atoms with Gasteiger partial charge in [0.2, 0.25) is 0 Å². The fourth-order valence-electron chi connectivity index (χ4n) is 5.11. The van der Waals surface area contributed by atoms with Gasteiger partial charge in [0.05, 0.1) is 6.10 Å². The Balaban J connectivity index is 1.47. The van der Waals surface area contributed by atoms with Crippen molar-refractivity contribution in [3.05, 3.63) is 0 Å². The van der Waals surface area contributed by atoms with E-state index in [-0.39, 0.29) is 0 Å². The van der Waals surface area contributed by atoms with Gasteiger partial charge in [-0.25, -0.2) is 0 Å². The lowest BCUT2D eigenvalue weighted by atomic mass is 9.87. The number of likely N-dealkylation sites (tertiary alicyclic amines) is 1. The van der Waals surface area contributed by atoms with Crippen LogP contribution >= 0.6 is 0 Å². The number of unbranched alkanes of at least 4 members (excludes halogenated alkanes) is 3. The molecule has 1 heterocycles. The molecule has 2 aliphatic rings. The Hall–Kier alpha value is -0.120. The molecular weight excluding hydrogens is 356 g/mol. The molecule has 3 nitrogen and oxygen atoms in total. The topological polar surface area (TPSA) is 15.7 Å². The highest BCUT2D eigenvalue weighted by Gasteiger charge is 2.33. The summed E-state index contributed by atoms with van der Waals surface area (Å²) in [5.41, 5.74) is 0. The quantitative estimate of drug-likeness (QED) is 0.299. The molecule has 3 heteroatoms. The Morgan fingerprint density at radius 2 is 1.72 bits per heavy atom. The lowest BCUT2D eigenvalue weighted by molar-refractivity contribution is -0.0526. The zero-order valence-electron chi connectivity index (χ0n) is 20.5. The van der Waals surface area contributed by atoms with Gasteiger partial charge >= 0.3 is 0 Å². The van der Waals surface area contributed by atoms with E-state index in [1.54, 1.807) is 0 Å². The van der Waals surface area contributed by atoms with E-state index in [1.807, 2.05) is 0 Å². The number of piperidine rings is 1. The van der Waals surface area contributed by atoms with E-state index in [4.69, 9.17) is 4.74 Å². The number of ether oxygens (including phenoxy) is 1. The summed E-state index contributed by atoms with van der Waals surface area (Å²) in [7, 11) is 2.33. The zero-order chi connectivity index (χ0) is 21.1. The molecule has 1 saturated carbocycles. The van der Waals surface area contributed by atoms with E-state index in [1.165, 1.54) is 96.8 Å². The van der Waals surface area contributed by atoms with Crippen LogP contribution in [0.25, 0.3) is 0 Å². The number of nitrogens with zero attached hydrogens (tertiary/aromatic N) is 2. The molecule has 0 spiro atoms. The van der Waals surface area contributed by atoms with Crippen molar-refractivity contribution in [2.45, 2.75) is 110 Å². The SMILES string of the molecule is CCCCCCC(C)CN(C)C1CC(OCCC2CCN(CC(C)CC)CC2)C1. The first-order valence-electron chi connectivity index (χ1n) is 13.1. The first kappa shape index (κ1) is 25.1. The third-order valence-electron chi connectivity index (χ3n) is 7.70. The molecule has 2 fully saturated rings. The third kappa shape index (κ3) is 9.70. The van der Waals surface area contributed by atoms with Crippen LogP contribution in [0, 0.1) is 17.8 Å². The van der Waals surface area contributed by atoms with Gasteiger partial charge in [-0.3, -0.25) is 0 Å². The fourth-order valence-corrected chi connectivity index (χ4v) is 5.11. The van der Waals surface area contributed by atoms with E-state index in [0.717, 1.165) is 30.4 Å². The lowest BCUT2D eigenvalue weighted by Gasteiger charge is -2.42. The third-order valence-corrected chi connectivity index (χ3v) is 7.70. The van der Waals surface area contributed by atoms with Crippen LogP contribution in [-0.4, -0.2) is 61.8 Å². The van der Waals surface area contributed by atoms with Crippen molar-refractivity contribution in [3.8, 4) is 0 Å². The van der Waals surface area contributed by atoms with Crippen LogP contribution in [0.4, 0.5) is 0 Å². The number of hydrogen-bond donors (Lipinski definition) is 0. The first-order valence-corrected chi connectivity index (χ1v) is 13.1. The van der Waals surface area contributed by atoms with Gasteiger partial charge in [0.25, 0.3) is 0 Å². The van der Waals surface area contributed by atoms with Crippen LogP contribution in [0.15, 0.2) is 0 Å². The second-order valence-electron chi connectivity index (χ2n) is 10.6. The smallest absolute Gasteiger partial charge is 0.0605 e. The molecule has 29 heavy (non-hydrogen) atoms. The van der Waals surface area contributed by atoms with Crippen molar-refractivity contribution < 1.29 is 4.74 Å². The Morgan fingerprint density at radius 1 is 1.00 bits per heavy atom. The Morgan fingerprint density at radius 3 is 2.38 bits per heavy atom. The molecule has 1 aliphatic heterocycles. The van der Waals surface area contributed by atoms with Gasteiger partial charge in [0, 0.05) is 25.7 Å². The summed E-state index contributed by atoms with van der Waals surface area (Å²) < 4.78 is 6.23. The Bertz CT molecular complexity index is 402. The molecule has 0 bridgehead atoms. The highest BCUT2D eigenvalue weighted by atomic mass is 16.5. The summed E-state index contributed by atoms with van der Waals surface area (Å²) in [4.78, 5) is 5.29. The van der Waals surface area contributed by atoms with E-state index in [0.29, 0.717) is 6.10 Å². The first-order chi connectivity index (χ1) is 14.0. The molecule has 1 aliphatic carbocycles. The molecule has 1 saturated heterocycles. The van der Waals surface area contributed by atoms with Crippen molar-refractivity contribution in [1.29, 1.82) is 0 Å². The maximum Gasteiger partial charge on any atom is 0.0605 e. The van der Waals surface area contributed by atoms with Gasteiger partial charge in [0.1, 0.15) is 0 Å². The van der Waals surface area contributed by atoms with E-state index < -0.39 is 0 Å². The summed E-state index contributed by atoms with van der Waals surface area (Å²) >= 11 is 0. The maximum absolute atomic E-state index is 6.23. The minimum absolute atomic E-state index is 0.535. The molecule has 2 atom stereocenters. The van der Waals surface area contributed by atoms with Crippen molar-refractivity contribution in [2.24, 2.45) is 17.8 Å². The second kappa shape index (κ2) is 14.0. The highest BCUT2D eigenvalue weighted by molar-refractivity contribution is 4.87. The normalized spacial score (nSPS) is 25.9. The average Bonchev–Trinajstić information content (AvgIpc) is 2.68. The molecular formula is C26H52N2O. The second-order valence-corrected chi connectivity index (χ2v) is 10.6. The minimum atomic E-state index is 0.535. The average molecular weight is 409 g/mol. The van der Waals surface area contributed by atoms with E-state index >= 15 is 0 Å². The summed E-state index contributed by atoms with van der Waals surface area (Å²) in [6.45, 7) is 15.6. The highest BCUT2D eigenvalue weighted by Crippen LogP contribution is 2.29. The van der Waals surface area contributed by atoms with Gasteiger partial charge in [-0.15, -0.1) is 0 Å². The lowest BCUT2D eigenvalue weighted by Crippen LogP contribution is -2.47. The largest absolute Gasteiger partial charge is 0.378 e. The van der Waals surface area contributed by atoms with Crippen LogP contribution in [0.2, 0.25) is 0 Å². The zero-order valence-corrected chi connectivity index (χ0v) is 20.5. The van der Waals surface area contributed by atoms with Gasteiger partial charge in [-0.2, -0.15) is 0 Å². The van der Waals surface area contributed by atoms with E-state index in [9.17, 15) is 0 Å². The molecule has 172 valence electrons. The predicted molar refractivity (Wildman–Crippen MR) is 127 cm³/mol. The minimum Gasteiger partial charge on any atom is -0.378 e. The van der Waals surface area contributed by atoms with Crippen molar-refractivity contribution >= 4 is 0 Å². The number of rotatable bonds is 15. The van der Waals surface area contributed by atoms with E-state index in [2.05, 4.69) is 44.5 Å². The number of hydrogen-bond acceptors (Lipinski definition) is 3. The molecule has 2 rings (SSSR count). The van der Waals surface area contributed by atoms with Crippen LogP contribution < -0.4 is 0 Å². The summed E-state index contributed by atoms with van der Waals surface area (Å²) in [6.07, 6.45) is 15.4. The van der Waals surface area contributed by atoms with Crippen LogP contribution in [0.5, 0.6) is 0 Å². The molecule has 0 radical (unpaired) electrons. The Labute approximate surface area is 182 Å². The predicted octanol–water partition coefficient (Wildman–Crippen LogP) is 6.22.